The quantitative estimate of drug-likeness (QED) is 0.678. The molecule has 2 fully saturated rings. The fraction of sp³-hybridized carbons (Fsp3) is 0.167. The van der Waals surface area contributed by atoms with Crippen molar-refractivity contribution in [1.29, 1.82) is 0 Å². The third-order valence-corrected chi connectivity index (χ3v) is 5.64. The normalized spacial score (nSPS) is 23.2. The van der Waals surface area contributed by atoms with E-state index in [4.69, 9.17) is 4.84 Å². The fourth-order valence-electron chi connectivity index (χ4n) is 4.29. The van der Waals surface area contributed by atoms with Gasteiger partial charge in [-0.3, -0.25) is 14.4 Å². The standard InChI is InChI=1S/C24H20N2O4/c1-15-8-7-11-17(14-15)25-23(28)20-21(18-12-5-6-13-19(18)27)26(30-22(20)24(25)29)16-9-3-2-4-10-16/h2-14,20-22,27H,1H3. The van der Waals surface area contributed by atoms with Crippen molar-refractivity contribution in [2.45, 2.75) is 19.1 Å². The zero-order valence-electron chi connectivity index (χ0n) is 16.3. The highest BCUT2D eigenvalue weighted by atomic mass is 16.7. The Kier molecular flexibility index (Phi) is 4.29. The van der Waals surface area contributed by atoms with Crippen LogP contribution in [0.2, 0.25) is 0 Å². The van der Waals surface area contributed by atoms with E-state index >= 15 is 0 Å². The molecule has 150 valence electrons. The molecule has 2 heterocycles. The zero-order valence-corrected chi connectivity index (χ0v) is 16.3. The molecule has 6 heteroatoms. The van der Waals surface area contributed by atoms with E-state index in [2.05, 4.69) is 0 Å². The van der Waals surface area contributed by atoms with Crippen LogP contribution in [0.1, 0.15) is 17.2 Å². The first-order valence-corrected chi connectivity index (χ1v) is 9.79. The number of rotatable bonds is 3. The summed E-state index contributed by atoms with van der Waals surface area (Å²) in [6.45, 7) is 1.91. The van der Waals surface area contributed by atoms with Crippen LogP contribution in [0.25, 0.3) is 0 Å². The largest absolute Gasteiger partial charge is 0.508 e. The second-order valence-electron chi connectivity index (χ2n) is 7.57. The topological polar surface area (TPSA) is 70.1 Å². The van der Waals surface area contributed by atoms with Crippen molar-refractivity contribution in [1.82, 2.24) is 0 Å². The van der Waals surface area contributed by atoms with E-state index in [1.165, 1.54) is 4.90 Å². The number of carbonyl (C=O) groups is 2. The van der Waals surface area contributed by atoms with Crippen LogP contribution in [0.15, 0.2) is 78.9 Å². The predicted octanol–water partition coefficient (Wildman–Crippen LogP) is 3.75. The van der Waals surface area contributed by atoms with Crippen LogP contribution in [0.4, 0.5) is 11.4 Å². The number of anilines is 2. The summed E-state index contributed by atoms with van der Waals surface area (Å²) in [6, 6.07) is 22.8. The maximum atomic E-state index is 13.5. The summed E-state index contributed by atoms with van der Waals surface area (Å²) in [7, 11) is 0. The lowest BCUT2D eigenvalue weighted by Crippen LogP contribution is -2.37. The number of phenolic OH excluding ortho intramolecular Hbond substituents is 1. The van der Waals surface area contributed by atoms with Gasteiger partial charge in [0.05, 0.1) is 17.4 Å². The van der Waals surface area contributed by atoms with Gasteiger partial charge in [0.25, 0.3) is 5.91 Å². The molecule has 5 rings (SSSR count). The van der Waals surface area contributed by atoms with Gasteiger partial charge < -0.3 is 5.11 Å². The predicted molar refractivity (Wildman–Crippen MR) is 112 cm³/mol. The first kappa shape index (κ1) is 18.4. The number of imide groups is 1. The van der Waals surface area contributed by atoms with Gasteiger partial charge >= 0.3 is 0 Å². The van der Waals surface area contributed by atoms with Crippen LogP contribution in [-0.2, 0) is 14.4 Å². The van der Waals surface area contributed by atoms with Crippen LogP contribution in [0, 0.1) is 12.8 Å². The Bertz CT molecular complexity index is 1130. The number of amides is 2. The Morgan fingerprint density at radius 3 is 2.27 bits per heavy atom. The van der Waals surface area contributed by atoms with Gasteiger partial charge in [-0.2, -0.15) is 0 Å². The number of hydrogen-bond donors (Lipinski definition) is 1. The van der Waals surface area contributed by atoms with E-state index in [0.717, 1.165) is 5.56 Å². The molecule has 0 aromatic heterocycles. The number of hydroxylamine groups is 1. The Morgan fingerprint density at radius 1 is 0.833 bits per heavy atom. The van der Waals surface area contributed by atoms with Crippen LogP contribution in [-0.4, -0.2) is 23.0 Å². The van der Waals surface area contributed by atoms with Crippen molar-refractivity contribution < 1.29 is 19.5 Å². The SMILES string of the molecule is Cc1cccc(N2C(=O)C3ON(c4ccccc4)C(c4ccccc4O)C3C2=O)c1. The molecular formula is C24H20N2O4. The van der Waals surface area contributed by atoms with Gasteiger partial charge in [-0.05, 0) is 42.8 Å². The smallest absolute Gasteiger partial charge is 0.266 e. The van der Waals surface area contributed by atoms with Crippen LogP contribution in [0.3, 0.4) is 0 Å². The lowest BCUT2D eigenvalue weighted by atomic mass is 9.90. The molecule has 30 heavy (non-hydrogen) atoms. The number of fused-ring (bicyclic) bond motifs is 1. The number of aryl methyl sites for hydroxylation is 1. The molecule has 6 nitrogen and oxygen atoms in total. The third kappa shape index (κ3) is 2.76. The van der Waals surface area contributed by atoms with Crippen LogP contribution in [0.5, 0.6) is 5.75 Å². The summed E-state index contributed by atoms with van der Waals surface area (Å²) in [4.78, 5) is 34.0. The van der Waals surface area contributed by atoms with Gasteiger partial charge in [-0.15, -0.1) is 0 Å². The summed E-state index contributed by atoms with van der Waals surface area (Å²) >= 11 is 0. The molecule has 0 aliphatic carbocycles. The summed E-state index contributed by atoms with van der Waals surface area (Å²) in [5.41, 5.74) is 2.74. The average molecular weight is 400 g/mol. The molecule has 3 aromatic carbocycles. The number of benzene rings is 3. The monoisotopic (exact) mass is 400 g/mol. The van der Waals surface area contributed by atoms with Crippen molar-refractivity contribution in [3.05, 3.63) is 90.0 Å². The Labute approximate surface area is 173 Å². The zero-order chi connectivity index (χ0) is 20.8. The number of aromatic hydroxyl groups is 1. The molecule has 2 aliphatic heterocycles. The first-order chi connectivity index (χ1) is 14.6. The maximum absolute atomic E-state index is 13.5. The highest BCUT2D eigenvalue weighted by Gasteiger charge is 2.60. The van der Waals surface area contributed by atoms with Crippen LogP contribution >= 0.6 is 0 Å². The molecule has 2 saturated heterocycles. The molecule has 2 amide bonds. The molecule has 3 aromatic rings. The molecule has 0 bridgehead atoms. The summed E-state index contributed by atoms with van der Waals surface area (Å²) < 4.78 is 0. The summed E-state index contributed by atoms with van der Waals surface area (Å²) in [5, 5.41) is 12.1. The van der Waals surface area contributed by atoms with Gasteiger partial charge in [0.1, 0.15) is 11.7 Å². The van der Waals surface area contributed by atoms with Crippen molar-refractivity contribution in [3.8, 4) is 5.75 Å². The molecule has 0 spiro atoms. The first-order valence-electron chi connectivity index (χ1n) is 9.79. The van der Waals surface area contributed by atoms with Gasteiger partial charge in [-0.25, -0.2) is 9.96 Å². The minimum atomic E-state index is -0.956. The van der Waals surface area contributed by atoms with Gasteiger partial charge in [-0.1, -0.05) is 48.5 Å². The Hall–Kier alpha value is -3.64. The van der Waals surface area contributed by atoms with E-state index in [1.54, 1.807) is 41.5 Å². The Balaban J connectivity index is 1.61. The summed E-state index contributed by atoms with van der Waals surface area (Å²) in [5.74, 6) is -1.44. The second-order valence-corrected chi connectivity index (χ2v) is 7.57. The highest BCUT2D eigenvalue weighted by molar-refractivity contribution is 6.24. The molecular weight excluding hydrogens is 380 g/mol. The lowest BCUT2D eigenvalue weighted by Gasteiger charge is -2.29. The number of hydrogen-bond acceptors (Lipinski definition) is 5. The highest BCUT2D eigenvalue weighted by Crippen LogP contribution is 2.49. The lowest BCUT2D eigenvalue weighted by molar-refractivity contribution is -0.126. The van der Waals surface area contributed by atoms with E-state index < -0.39 is 24.0 Å². The minimum Gasteiger partial charge on any atom is -0.508 e. The van der Waals surface area contributed by atoms with Crippen molar-refractivity contribution >= 4 is 23.2 Å². The molecule has 1 N–H and O–H groups in total. The van der Waals surface area contributed by atoms with Gasteiger partial charge in [0, 0.05) is 5.56 Å². The van der Waals surface area contributed by atoms with Crippen LogP contribution < -0.4 is 9.96 Å². The van der Waals surface area contributed by atoms with Gasteiger partial charge in [0.2, 0.25) is 5.91 Å². The van der Waals surface area contributed by atoms with E-state index in [0.29, 0.717) is 16.9 Å². The molecule has 3 unspecified atom stereocenters. The molecule has 0 radical (unpaired) electrons. The van der Waals surface area contributed by atoms with Gasteiger partial charge in [0.15, 0.2) is 6.10 Å². The van der Waals surface area contributed by atoms with Crippen molar-refractivity contribution in [2.75, 3.05) is 9.96 Å². The van der Waals surface area contributed by atoms with E-state index in [1.807, 2.05) is 49.4 Å². The fourth-order valence-corrected chi connectivity index (χ4v) is 4.29. The molecule has 3 atom stereocenters. The number of nitrogens with zero attached hydrogens (tertiary/aromatic N) is 2. The number of phenols is 1. The van der Waals surface area contributed by atoms with Crippen molar-refractivity contribution in [3.63, 3.8) is 0 Å². The van der Waals surface area contributed by atoms with E-state index in [9.17, 15) is 14.7 Å². The summed E-state index contributed by atoms with van der Waals surface area (Å²) in [6.07, 6.45) is -0.956. The second kappa shape index (κ2) is 7.00. The number of carbonyl (C=O) groups excluding carboxylic acids is 2. The van der Waals surface area contributed by atoms with Crippen molar-refractivity contribution in [2.24, 2.45) is 5.92 Å². The maximum Gasteiger partial charge on any atom is 0.266 e. The molecule has 2 aliphatic rings. The number of para-hydroxylation sites is 2. The third-order valence-electron chi connectivity index (χ3n) is 5.64. The van der Waals surface area contributed by atoms with E-state index in [-0.39, 0.29) is 11.7 Å². The molecule has 0 saturated carbocycles. The minimum absolute atomic E-state index is 0.0573. The Morgan fingerprint density at radius 2 is 1.53 bits per heavy atom. The average Bonchev–Trinajstić information content (AvgIpc) is 3.25.